The van der Waals surface area contributed by atoms with Crippen molar-refractivity contribution in [1.29, 1.82) is 0 Å². The number of amides is 2. The van der Waals surface area contributed by atoms with Crippen molar-refractivity contribution in [3.05, 3.63) is 71.2 Å². The minimum Gasteiger partial charge on any atom is -0.497 e. The Kier molecular flexibility index (Phi) is 9.13. The van der Waals surface area contributed by atoms with Gasteiger partial charge in [0.15, 0.2) is 5.82 Å². The molecular weight excluding hydrogens is 530 g/mol. The second-order valence-electron chi connectivity index (χ2n) is 10.1. The highest BCUT2D eigenvalue weighted by Gasteiger charge is 2.28. The number of hydrogen-bond donors (Lipinski definition) is 0. The Morgan fingerprint density at radius 2 is 1.88 bits per heavy atom. The Balaban J connectivity index is 1.22. The third-order valence-corrected chi connectivity index (χ3v) is 7.59. The van der Waals surface area contributed by atoms with Gasteiger partial charge in [0, 0.05) is 55.5 Å². The number of aromatic nitrogens is 2. The molecule has 0 unspecified atom stereocenters. The Morgan fingerprint density at radius 3 is 2.60 bits per heavy atom. The second-order valence-corrected chi connectivity index (χ2v) is 10.5. The lowest BCUT2D eigenvalue weighted by Gasteiger charge is -2.28. The van der Waals surface area contributed by atoms with Gasteiger partial charge < -0.3 is 24.2 Å². The maximum atomic E-state index is 13.4. The summed E-state index contributed by atoms with van der Waals surface area (Å²) < 4.78 is 11.1. The smallest absolute Gasteiger partial charge is 0.254 e. The van der Waals surface area contributed by atoms with Crippen molar-refractivity contribution in [3.8, 4) is 17.0 Å². The van der Waals surface area contributed by atoms with E-state index in [0.29, 0.717) is 43.4 Å². The van der Waals surface area contributed by atoms with Crippen LogP contribution in [0.4, 0.5) is 5.82 Å². The van der Waals surface area contributed by atoms with Crippen LogP contribution in [0.15, 0.2) is 60.7 Å². The van der Waals surface area contributed by atoms with Crippen LogP contribution in [-0.2, 0) is 9.53 Å². The van der Waals surface area contributed by atoms with Crippen molar-refractivity contribution < 1.29 is 19.1 Å². The van der Waals surface area contributed by atoms with E-state index < -0.39 is 0 Å². The number of hydrogen-bond acceptors (Lipinski definition) is 7. The van der Waals surface area contributed by atoms with Crippen LogP contribution < -0.4 is 9.64 Å². The molecule has 9 nitrogen and oxygen atoms in total. The lowest BCUT2D eigenvalue weighted by Crippen LogP contribution is -2.46. The number of methoxy groups -OCH3 is 1. The molecule has 0 spiro atoms. The summed E-state index contributed by atoms with van der Waals surface area (Å²) in [6.07, 6.45) is 2.59. The quantitative estimate of drug-likeness (QED) is 0.406. The molecule has 0 radical (unpaired) electrons. The summed E-state index contributed by atoms with van der Waals surface area (Å²) in [6.45, 7) is 3.65. The molecular formula is C30H34ClN5O4. The van der Waals surface area contributed by atoms with Crippen molar-refractivity contribution in [2.75, 3.05) is 57.9 Å². The molecule has 0 bridgehead atoms. The summed E-state index contributed by atoms with van der Waals surface area (Å²) in [4.78, 5) is 32.4. The van der Waals surface area contributed by atoms with Crippen molar-refractivity contribution in [2.24, 2.45) is 0 Å². The standard InChI is InChI=1S/C30H34ClN5O4/c1-39-25-6-2-5-23(19-25)27-12-13-28(33-32-27)34-14-4-15-35(17-16-34)29(37)21-36(20-26-7-3-18-40-26)30(38)22-8-10-24(31)11-9-22/h2,5-6,8-13,19,26H,3-4,7,14-18,20-21H2,1H3/t26-/m1/s1. The number of carbonyl (C=O) groups is 2. The van der Waals surface area contributed by atoms with E-state index in [0.717, 1.165) is 48.6 Å². The molecule has 2 aliphatic rings. The molecule has 3 heterocycles. The largest absolute Gasteiger partial charge is 0.497 e. The van der Waals surface area contributed by atoms with E-state index in [4.69, 9.17) is 21.1 Å². The van der Waals surface area contributed by atoms with Crippen molar-refractivity contribution in [2.45, 2.75) is 25.4 Å². The van der Waals surface area contributed by atoms with E-state index in [9.17, 15) is 9.59 Å². The SMILES string of the molecule is COc1cccc(-c2ccc(N3CCCN(C(=O)CN(C[C@H]4CCCO4)C(=O)c4ccc(Cl)cc4)CC3)nn2)c1. The molecule has 1 atom stereocenters. The molecule has 5 rings (SSSR count). The van der Waals surface area contributed by atoms with Gasteiger partial charge in [0.2, 0.25) is 5.91 Å². The van der Waals surface area contributed by atoms with E-state index in [1.165, 1.54) is 0 Å². The Morgan fingerprint density at radius 1 is 1.02 bits per heavy atom. The second kappa shape index (κ2) is 13.1. The van der Waals surface area contributed by atoms with Gasteiger partial charge >= 0.3 is 0 Å². The predicted molar refractivity (Wildman–Crippen MR) is 154 cm³/mol. The molecule has 0 N–H and O–H groups in total. The van der Waals surface area contributed by atoms with Gasteiger partial charge in [0.1, 0.15) is 12.3 Å². The summed E-state index contributed by atoms with van der Waals surface area (Å²) in [5.74, 6) is 1.29. The van der Waals surface area contributed by atoms with Gasteiger partial charge in [0.25, 0.3) is 5.91 Å². The van der Waals surface area contributed by atoms with E-state index in [1.54, 1.807) is 36.3 Å². The van der Waals surface area contributed by atoms with Gasteiger partial charge in [-0.25, -0.2) is 0 Å². The first-order valence-corrected chi connectivity index (χ1v) is 14.1. The van der Waals surface area contributed by atoms with Gasteiger partial charge in [-0.1, -0.05) is 23.7 Å². The molecule has 3 aromatic rings. The van der Waals surface area contributed by atoms with Crippen LogP contribution in [0.5, 0.6) is 5.75 Å². The first-order valence-electron chi connectivity index (χ1n) is 13.7. The van der Waals surface area contributed by atoms with Gasteiger partial charge in [-0.3, -0.25) is 9.59 Å². The molecule has 1 aromatic heterocycles. The Bertz CT molecular complexity index is 1300. The molecule has 2 amide bonds. The minimum absolute atomic E-state index is 0.0103. The number of carbonyl (C=O) groups excluding carboxylic acids is 2. The first-order chi connectivity index (χ1) is 19.5. The zero-order chi connectivity index (χ0) is 27.9. The zero-order valence-electron chi connectivity index (χ0n) is 22.7. The van der Waals surface area contributed by atoms with E-state index in [2.05, 4.69) is 15.1 Å². The summed E-state index contributed by atoms with van der Waals surface area (Å²) in [5, 5.41) is 9.47. The molecule has 10 heteroatoms. The highest BCUT2D eigenvalue weighted by atomic mass is 35.5. The first kappa shape index (κ1) is 27.9. The average molecular weight is 564 g/mol. The number of halogens is 1. The number of benzene rings is 2. The van der Waals surface area contributed by atoms with Gasteiger partial charge in [-0.05, 0) is 67.8 Å². The topological polar surface area (TPSA) is 88.1 Å². The fourth-order valence-corrected chi connectivity index (χ4v) is 5.24. The molecule has 2 aliphatic heterocycles. The fraction of sp³-hybridized carbons (Fsp3) is 0.400. The Hall–Kier alpha value is -3.69. The summed E-state index contributed by atoms with van der Waals surface area (Å²) in [5.41, 5.74) is 2.21. The summed E-state index contributed by atoms with van der Waals surface area (Å²) >= 11 is 6.02. The molecule has 2 aromatic carbocycles. The highest BCUT2D eigenvalue weighted by molar-refractivity contribution is 6.30. The molecule has 40 heavy (non-hydrogen) atoms. The van der Waals surface area contributed by atoms with Crippen LogP contribution in [0.25, 0.3) is 11.3 Å². The average Bonchev–Trinajstić information content (AvgIpc) is 3.38. The van der Waals surface area contributed by atoms with Crippen molar-refractivity contribution >= 4 is 29.2 Å². The molecule has 0 saturated carbocycles. The van der Waals surface area contributed by atoms with E-state index in [-0.39, 0.29) is 24.5 Å². The Labute approximate surface area is 239 Å². The highest BCUT2D eigenvalue weighted by Crippen LogP contribution is 2.23. The number of rotatable bonds is 8. The molecule has 2 saturated heterocycles. The third-order valence-electron chi connectivity index (χ3n) is 7.34. The number of nitrogens with zero attached hydrogens (tertiary/aromatic N) is 5. The maximum absolute atomic E-state index is 13.4. The predicted octanol–water partition coefficient (Wildman–Crippen LogP) is 4.17. The summed E-state index contributed by atoms with van der Waals surface area (Å²) in [6, 6.07) is 18.4. The van der Waals surface area contributed by atoms with Crippen LogP contribution in [0.3, 0.4) is 0 Å². The van der Waals surface area contributed by atoms with Crippen LogP contribution in [-0.4, -0.2) is 90.9 Å². The van der Waals surface area contributed by atoms with Crippen LogP contribution >= 0.6 is 11.6 Å². The van der Waals surface area contributed by atoms with Crippen LogP contribution in [0.1, 0.15) is 29.6 Å². The summed E-state index contributed by atoms with van der Waals surface area (Å²) in [7, 11) is 1.64. The van der Waals surface area contributed by atoms with Crippen molar-refractivity contribution in [1.82, 2.24) is 20.0 Å². The monoisotopic (exact) mass is 563 g/mol. The number of anilines is 1. The number of ether oxygens (including phenoxy) is 2. The maximum Gasteiger partial charge on any atom is 0.254 e. The van der Waals surface area contributed by atoms with Gasteiger partial charge in [-0.15, -0.1) is 10.2 Å². The van der Waals surface area contributed by atoms with E-state index >= 15 is 0 Å². The molecule has 2 fully saturated rings. The van der Waals surface area contributed by atoms with Gasteiger partial charge in [-0.2, -0.15) is 0 Å². The normalized spacial score (nSPS) is 17.4. The fourth-order valence-electron chi connectivity index (χ4n) is 5.12. The lowest BCUT2D eigenvalue weighted by molar-refractivity contribution is -0.132. The van der Waals surface area contributed by atoms with Gasteiger partial charge in [0.05, 0.1) is 18.9 Å². The molecule has 0 aliphatic carbocycles. The minimum atomic E-state index is -0.191. The zero-order valence-corrected chi connectivity index (χ0v) is 23.4. The molecule has 210 valence electrons. The third kappa shape index (κ3) is 6.89. The van der Waals surface area contributed by atoms with Crippen molar-refractivity contribution in [3.63, 3.8) is 0 Å². The van der Waals surface area contributed by atoms with E-state index in [1.807, 2.05) is 41.3 Å². The van der Waals surface area contributed by atoms with Crippen LogP contribution in [0, 0.1) is 0 Å². The lowest BCUT2D eigenvalue weighted by atomic mass is 10.1. The van der Waals surface area contributed by atoms with Crippen LogP contribution in [0.2, 0.25) is 5.02 Å².